The van der Waals surface area contributed by atoms with Gasteiger partial charge in [0.25, 0.3) is 5.91 Å². The quantitative estimate of drug-likeness (QED) is 0.659. The molecule has 2 aromatic rings. The molecule has 6 nitrogen and oxygen atoms in total. The van der Waals surface area contributed by atoms with Crippen LogP contribution in [-0.2, 0) is 16.0 Å². The third-order valence-corrected chi connectivity index (χ3v) is 4.75. The minimum Gasteiger partial charge on any atom is -0.494 e. The predicted octanol–water partition coefficient (Wildman–Crippen LogP) is 3.06. The fourth-order valence-corrected chi connectivity index (χ4v) is 3.00. The number of amides is 1. The van der Waals surface area contributed by atoms with E-state index in [0.717, 1.165) is 11.3 Å². The van der Waals surface area contributed by atoms with Gasteiger partial charge in [-0.15, -0.1) is 0 Å². The summed E-state index contributed by atoms with van der Waals surface area (Å²) in [6, 6.07) is 16.5. The summed E-state index contributed by atoms with van der Waals surface area (Å²) >= 11 is 0. The normalized spacial score (nSPS) is 15.3. The average Bonchev–Trinajstić information content (AvgIpc) is 3.47. The molecule has 148 valence electrons. The van der Waals surface area contributed by atoms with Gasteiger partial charge in [0.05, 0.1) is 12.5 Å². The van der Waals surface area contributed by atoms with Crippen LogP contribution in [0.2, 0.25) is 0 Å². The molecule has 28 heavy (non-hydrogen) atoms. The topological polar surface area (TPSA) is 84.9 Å². The smallest absolute Gasteiger partial charge is 0.308 e. The van der Waals surface area contributed by atoms with Gasteiger partial charge >= 0.3 is 5.97 Å². The van der Waals surface area contributed by atoms with Gasteiger partial charge in [-0.1, -0.05) is 30.3 Å². The minimum atomic E-state index is -0.942. The molecule has 6 heteroatoms. The first kappa shape index (κ1) is 19.7. The van der Waals surface area contributed by atoms with Gasteiger partial charge in [0.1, 0.15) is 11.5 Å². The molecule has 1 aliphatic rings. The molecule has 1 fully saturated rings. The van der Waals surface area contributed by atoms with Crippen molar-refractivity contribution in [1.29, 1.82) is 0 Å². The molecule has 1 unspecified atom stereocenters. The zero-order valence-corrected chi connectivity index (χ0v) is 15.9. The maximum Gasteiger partial charge on any atom is 0.308 e. The number of carbonyl (C=O) groups excluding carboxylic acids is 1. The SMILES string of the molecule is CCOc1ccc(CC(CNC(=O)C2(Oc3ccccc3)CC2)C(=O)O)cc1. The average molecular weight is 383 g/mol. The van der Waals surface area contributed by atoms with Gasteiger partial charge in [-0.3, -0.25) is 9.59 Å². The van der Waals surface area contributed by atoms with Crippen LogP contribution in [0, 0.1) is 5.92 Å². The van der Waals surface area contributed by atoms with Crippen molar-refractivity contribution in [2.24, 2.45) is 5.92 Å². The summed E-state index contributed by atoms with van der Waals surface area (Å²) in [5, 5.41) is 12.3. The molecule has 2 aromatic carbocycles. The molecule has 0 aliphatic heterocycles. The van der Waals surface area contributed by atoms with E-state index >= 15 is 0 Å². The lowest BCUT2D eigenvalue weighted by Crippen LogP contribution is -2.43. The van der Waals surface area contributed by atoms with Crippen molar-refractivity contribution in [3.05, 3.63) is 60.2 Å². The number of aliphatic carboxylic acids is 1. The molecule has 0 heterocycles. The molecule has 0 saturated heterocycles. The Balaban J connectivity index is 1.56. The fraction of sp³-hybridized carbons (Fsp3) is 0.364. The highest BCUT2D eigenvalue weighted by molar-refractivity contribution is 5.89. The number of para-hydroxylation sites is 1. The Labute approximate surface area is 164 Å². The molecule has 0 spiro atoms. The van der Waals surface area contributed by atoms with Crippen molar-refractivity contribution in [3.8, 4) is 11.5 Å². The van der Waals surface area contributed by atoms with Gasteiger partial charge in [-0.05, 0) is 43.2 Å². The zero-order valence-electron chi connectivity index (χ0n) is 15.9. The third-order valence-electron chi connectivity index (χ3n) is 4.75. The number of hydrogen-bond donors (Lipinski definition) is 2. The van der Waals surface area contributed by atoms with Crippen LogP contribution in [0.1, 0.15) is 25.3 Å². The first-order valence-corrected chi connectivity index (χ1v) is 9.49. The Bertz CT molecular complexity index is 799. The second kappa shape index (κ2) is 8.78. The number of hydrogen-bond acceptors (Lipinski definition) is 4. The first-order chi connectivity index (χ1) is 13.5. The molecular weight excluding hydrogens is 358 g/mol. The van der Waals surface area contributed by atoms with Crippen molar-refractivity contribution in [3.63, 3.8) is 0 Å². The summed E-state index contributed by atoms with van der Waals surface area (Å²) in [6.45, 7) is 2.54. The highest BCUT2D eigenvalue weighted by Gasteiger charge is 2.53. The van der Waals surface area contributed by atoms with Gasteiger partial charge in [-0.25, -0.2) is 0 Å². The van der Waals surface area contributed by atoms with Crippen LogP contribution in [0.5, 0.6) is 11.5 Å². The molecule has 0 bridgehead atoms. The van der Waals surface area contributed by atoms with E-state index < -0.39 is 17.5 Å². The van der Waals surface area contributed by atoms with Crippen LogP contribution in [0.15, 0.2) is 54.6 Å². The summed E-state index contributed by atoms with van der Waals surface area (Å²) in [7, 11) is 0. The van der Waals surface area contributed by atoms with Crippen LogP contribution < -0.4 is 14.8 Å². The Morgan fingerprint density at radius 1 is 1.07 bits per heavy atom. The lowest BCUT2D eigenvalue weighted by Gasteiger charge is -2.20. The van der Waals surface area contributed by atoms with E-state index in [4.69, 9.17) is 9.47 Å². The van der Waals surface area contributed by atoms with Crippen LogP contribution in [-0.4, -0.2) is 35.7 Å². The molecule has 2 N–H and O–H groups in total. The van der Waals surface area contributed by atoms with Gasteiger partial charge < -0.3 is 19.9 Å². The number of carboxylic acids is 1. The Kier molecular flexibility index (Phi) is 6.19. The lowest BCUT2D eigenvalue weighted by molar-refractivity contribution is -0.142. The van der Waals surface area contributed by atoms with E-state index in [-0.39, 0.29) is 12.5 Å². The minimum absolute atomic E-state index is 0.0568. The highest BCUT2D eigenvalue weighted by Crippen LogP contribution is 2.40. The number of carbonyl (C=O) groups is 2. The second-order valence-corrected chi connectivity index (χ2v) is 6.94. The van der Waals surface area contributed by atoms with Gasteiger partial charge in [0.15, 0.2) is 5.60 Å². The first-order valence-electron chi connectivity index (χ1n) is 9.49. The number of carboxylic acid groups (broad SMARTS) is 1. The summed E-state index contributed by atoms with van der Waals surface area (Å²) in [4.78, 5) is 24.2. The van der Waals surface area contributed by atoms with Gasteiger partial charge in [0, 0.05) is 19.4 Å². The molecule has 1 saturated carbocycles. The summed E-state index contributed by atoms with van der Waals surface area (Å²) in [5.74, 6) is -0.522. The van der Waals surface area contributed by atoms with Gasteiger partial charge in [0.2, 0.25) is 0 Å². The van der Waals surface area contributed by atoms with Crippen molar-refractivity contribution in [2.45, 2.75) is 31.8 Å². The van der Waals surface area contributed by atoms with E-state index in [9.17, 15) is 14.7 Å². The van der Waals surface area contributed by atoms with Crippen molar-refractivity contribution in [1.82, 2.24) is 5.32 Å². The highest BCUT2D eigenvalue weighted by atomic mass is 16.5. The van der Waals surface area contributed by atoms with Gasteiger partial charge in [-0.2, -0.15) is 0 Å². The van der Waals surface area contributed by atoms with E-state index in [1.54, 1.807) is 12.1 Å². The summed E-state index contributed by atoms with van der Waals surface area (Å²) < 4.78 is 11.2. The summed E-state index contributed by atoms with van der Waals surface area (Å²) in [5.41, 5.74) is 0.00979. The maximum atomic E-state index is 12.6. The van der Waals surface area contributed by atoms with Crippen LogP contribution >= 0.6 is 0 Å². The molecule has 1 amide bonds. The van der Waals surface area contributed by atoms with Crippen molar-refractivity contribution in [2.75, 3.05) is 13.2 Å². The van der Waals surface area contributed by atoms with E-state index in [0.29, 0.717) is 31.6 Å². The molecule has 0 aromatic heterocycles. The van der Waals surface area contributed by atoms with E-state index in [1.165, 1.54) is 0 Å². The number of ether oxygens (including phenoxy) is 2. The maximum absolute atomic E-state index is 12.6. The monoisotopic (exact) mass is 383 g/mol. The lowest BCUT2D eigenvalue weighted by atomic mass is 9.99. The molecule has 0 radical (unpaired) electrons. The van der Waals surface area contributed by atoms with E-state index in [1.807, 2.05) is 49.4 Å². The number of nitrogens with one attached hydrogen (secondary N) is 1. The van der Waals surface area contributed by atoms with Crippen LogP contribution in [0.25, 0.3) is 0 Å². The Morgan fingerprint density at radius 2 is 1.75 bits per heavy atom. The molecular formula is C22H25NO5. The standard InChI is InChI=1S/C22H25NO5/c1-2-27-18-10-8-16(9-11-18)14-17(20(24)25)15-23-21(26)22(12-13-22)28-19-6-4-3-5-7-19/h3-11,17H,2,12-15H2,1H3,(H,23,26)(H,24,25). The predicted molar refractivity (Wildman–Crippen MR) is 104 cm³/mol. The van der Waals surface area contributed by atoms with Crippen LogP contribution in [0.3, 0.4) is 0 Å². The fourth-order valence-electron chi connectivity index (χ4n) is 3.00. The largest absolute Gasteiger partial charge is 0.494 e. The summed E-state index contributed by atoms with van der Waals surface area (Å²) in [6.07, 6.45) is 1.59. The van der Waals surface area contributed by atoms with Crippen LogP contribution in [0.4, 0.5) is 0 Å². The molecule has 3 rings (SSSR count). The Morgan fingerprint density at radius 3 is 2.32 bits per heavy atom. The van der Waals surface area contributed by atoms with Crippen molar-refractivity contribution < 1.29 is 24.2 Å². The number of rotatable bonds is 10. The van der Waals surface area contributed by atoms with E-state index in [2.05, 4.69) is 5.32 Å². The van der Waals surface area contributed by atoms with Crippen molar-refractivity contribution >= 4 is 11.9 Å². The second-order valence-electron chi connectivity index (χ2n) is 6.94. The molecule has 1 atom stereocenters. The number of benzene rings is 2. The molecule has 1 aliphatic carbocycles. The zero-order chi connectivity index (χ0) is 20.0. The Hall–Kier alpha value is -3.02. The third kappa shape index (κ3) is 5.03.